The van der Waals surface area contributed by atoms with Gasteiger partial charge in [-0.25, -0.2) is 4.68 Å². The Hall–Kier alpha value is -1.19. The third-order valence-corrected chi connectivity index (χ3v) is 4.29. The molecular formula is C11H17N5O3S. The van der Waals surface area contributed by atoms with Crippen LogP contribution in [-0.2, 0) is 9.53 Å². The molecule has 2 aliphatic rings. The van der Waals surface area contributed by atoms with Crippen molar-refractivity contribution in [3.8, 4) is 0 Å². The largest absolute Gasteiger partial charge is 0.394 e. The van der Waals surface area contributed by atoms with Crippen molar-refractivity contribution in [2.75, 3.05) is 32.1 Å². The first-order chi connectivity index (χ1) is 9.78. The van der Waals surface area contributed by atoms with Crippen LogP contribution in [0.5, 0.6) is 0 Å². The smallest absolute Gasteiger partial charge is 0.233 e. The van der Waals surface area contributed by atoms with Gasteiger partial charge in [0, 0.05) is 13.1 Å². The lowest BCUT2D eigenvalue weighted by atomic mass is 10.3. The van der Waals surface area contributed by atoms with Crippen molar-refractivity contribution in [3.05, 3.63) is 0 Å². The van der Waals surface area contributed by atoms with E-state index in [0.717, 1.165) is 12.8 Å². The lowest BCUT2D eigenvalue weighted by Crippen LogP contribution is -2.47. The number of aliphatic hydroxyl groups excluding tert-OH is 1. The van der Waals surface area contributed by atoms with Crippen LogP contribution in [-0.4, -0.2) is 74.3 Å². The van der Waals surface area contributed by atoms with E-state index in [1.165, 1.54) is 11.8 Å². The van der Waals surface area contributed by atoms with Crippen LogP contribution in [0, 0.1) is 0 Å². The molecule has 0 aromatic carbocycles. The minimum Gasteiger partial charge on any atom is -0.394 e. The number of hydrogen-bond acceptors (Lipinski definition) is 7. The first kappa shape index (κ1) is 13.8. The predicted molar refractivity (Wildman–Crippen MR) is 70.2 cm³/mol. The van der Waals surface area contributed by atoms with Gasteiger partial charge in [0.05, 0.1) is 31.1 Å². The van der Waals surface area contributed by atoms with Gasteiger partial charge in [-0.1, -0.05) is 11.8 Å². The number of rotatable bonds is 5. The molecule has 20 heavy (non-hydrogen) atoms. The third kappa shape index (κ3) is 3.10. The summed E-state index contributed by atoms with van der Waals surface area (Å²) in [7, 11) is 0. The Morgan fingerprint density at radius 3 is 3.10 bits per heavy atom. The first-order valence-corrected chi connectivity index (χ1v) is 7.67. The maximum atomic E-state index is 12.1. The van der Waals surface area contributed by atoms with Gasteiger partial charge < -0.3 is 14.7 Å². The first-order valence-electron chi connectivity index (χ1n) is 6.69. The molecule has 1 N–H and O–H groups in total. The average Bonchev–Trinajstić information content (AvgIpc) is 3.23. The van der Waals surface area contributed by atoms with Gasteiger partial charge in [-0.3, -0.25) is 4.79 Å². The van der Waals surface area contributed by atoms with Crippen LogP contribution in [0.25, 0.3) is 0 Å². The second-order valence-electron chi connectivity index (χ2n) is 4.94. The number of aliphatic hydroxyl groups is 1. The van der Waals surface area contributed by atoms with E-state index >= 15 is 0 Å². The molecular weight excluding hydrogens is 282 g/mol. The average molecular weight is 299 g/mol. The van der Waals surface area contributed by atoms with Crippen LogP contribution in [0.1, 0.15) is 18.9 Å². The molecule has 1 unspecified atom stereocenters. The molecule has 110 valence electrons. The number of amides is 1. The molecule has 1 aromatic heterocycles. The molecule has 0 spiro atoms. The van der Waals surface area contributed by atoms with E-state index in [1.807, 2.05) is 0 Å². The SMILES string of the molecule is O=C(CSc1nnnn1C1CC1)N1CCOC(CO)C1. The standard InChI is InChI=1S/C11H17N5O3S/c17-6-9-5-15(3-4-19-9)10(18)7-20-11-12-13-14-16(11)8-1-2-8/h8-9,17H,1-7H2. The number of hydrogen-bond donors (Lipinski definition) is 1. The quantitative estimate of drug-likeness (QED) is 0.720. The molecule has 0 radical (unpaired) electrons. The Bertz CT molecular complexity index is 478. The molecule has 1 saturated carbocycles. The van der Waals surface area contributed by atoms with Gasteiger partial charge in [0.2, 0.25) is 11.1 Å². The number of tetrazole rings is 1. The van der Waals surface area contributed by atoms with Gasteiger partial charge in [-0.2, -0.15) is 0 Å². The highest BCUT2D eigenvalue weighted by molar-refractivity contribution is 7.99. The summed E-state index contributed by atoms with van der Waals surface area (Å²) >= 11 is 1.36. The normalized spacial score (nSPS) is 23.1. The lowest BCUT2D eigenvalue weighted by Gasteiger charge is -2.31. The summed E-state index contributed by atoms with van der Waals surface area (Å²) in [5, 5.41) is 21.3. The van der Waals surface area contributed by atoms with Gasteiger partial charge in [-0.15, -0.1) is 5.10 Å². The summed E-state index contributed by atoms with van der Waals surface area (Å²) < 4.78 is 7.13. The molecule has 1 amide bonds. The molecule has 9 heteroatoms. The van der Waals surface area contributed by atoms with Gasteiger partial charge in [0.15, 0.2) is 0 Å². The zero-order valence-electron chi connectivity index (χ0n) is 11.0. The van der Waals surface area contributed by atoms with Crippen molar-refractivity contribution in [3.63, 3.8) is 0 Å². The van der Waals surface area contributed by atoms with E-state index in [1.54, 1.807) is 9.58 Å². The molecule has 1 aliphatic carbocycles. The Labute approximate surface area is 120 Å². The van der Waals surface area contributed by atoms with Crippen LogP contribution < -0.4 is 0 Å². The van der Waals surface area contributed by atoms with Crippen molar-refractivity contribution in [2.24, 2.45) is 0 Å². The van der Waals surface area contributed by atoms with Crippen molar-refractivity contribution in [1.29, 1.82) is 0 Å². The van der Waals surface area contributed by atoms with Crippen molar-refractivity contribution < 1.29 is 14.6 Å². The highest BCUT2D eigenvalue weighted by Gasteiger charge is 2.29. The molecule has 2 fully saturated rings. The maximum Gasteiger partial charge on any atom is 0.233 e. The summed E-state index contributed by atoms with van der Waals surface area (Å²) in [6, 6.07) is 0.407. The Morgan fingerprint density at radius 1 is 1.50 bits per heavy atom. The van der Waals surface area contributed by atoms with Gasteiger partial charge in [0.25, 0.3) is 0 Å². The van der Waals surface area contributed by atoms with Crippen LogP contribution in [0.2, 0.25) is 0 Å². The van der Waals surface area contributed by atoms with Gasteiger partial charge in [-0.05, 0) is 23.3 Å². The number of carbonyl (C=O) groups is 1. The number of morpholine rings is 1. The highest BCUT2D eigenvalue weighted by atomic mass is 32.2. The molecule has 1 atom stereocenters. The summed E-state index contributed by atoms with van der Waals surface area (Å²) in [5.41, 5.74) is 0. The Balaban J connectivity index is 1.52. The summed E-state index contributed by atoms with van der Waals surface area (Å²) in [6.45, 7) is 1.44. The molecule has 8 nitrogen and oxygen atoms in total. The van der Waals surface area contributed by atoms with E-state index in [9.17, 15) is 4.79 Å². The summed E-state index contributed by atoms with van der Waals surface area (Å²) in [4.78, 5) is 13.9. The Kier molecular flexibility index (Phi) is 4.18. The minimum atomic E-state index is -0.269. The third-order valence-electron chi connectivity index (χ3n) is 3.38. The van der Waals surface area contributed by atoms with Gasteiger partial charge >= 0.3 is 0 Å². The summed E-state index contributed by atoms with van der Waals surface area (Å²) in [6.07, 6.45) is 1.94. The van der Waals surface area contributed by atoms with E-state index in [-0.39, 0.29) is 18.6 Å². The van der Waals surface area contributed by atoms with Gasteiger partial charge in [0.1, 0.15) is 0 Å². The van der Waals surface area contributed by atoms with Crippen molar-refractivity contribution >= 4 is 17.7 Å². The summed E-state index contributed by atoms with van der Waals surface area (Å²) in [5.74, 6) is 0.340. The van der Waals surface area contributed by atoms with E-state index in [2.05, 4.69) is 15.5 Å². The van der Waals surface area contributed by atoms with E-state index < -0.39 is 0 Å². The number of thioether (sulfide) groups is 1. The molecule has 1 aromatic rings. The monoisotopic (exact) mass is 299 g/mol. The van der Waals surface area contributed by atoms with Crippen LogP contribution in [0.15, 0.2) is 5.16 Å². The lowest BCUT2D eigenvalue weighted by molar-refractivity contribution is -0.137. The second kappa shape index (κ2) is 6.06. The number of ether oxygens (including phenoxy) is 1. The van der Waals surface area contributed by atoms with Crippen LogP contribution in [0.4, 0.5) is 0 Å². The molecule has 1 saturated heterocycles. The van der Waals surface area contributed by atoms with Crippen molar-refractivity contribution in [2.45, 2.75) is 30.1 Å². The molecule has 2 heterocycles. The highest BCUT2D eigenvalue weighted by Crippen LogP contribution is 2.36. The zero-order valence-corrected chi connectivity index (χ0v) is 11.8. The fourth-order valence-electron chi connectivity index (χ4n) is 2.10. The van der Waals surface area contributed by atoms with Crippen molar-refractivity contribution in [1.82, 2.24) is 25.1 Å². The van der Waals surface area contributed by atoms with E-state index in [4.69, 9.17) is 9.84 Å². The topological polar surface area (TPSA) is 93.4 Å². The molecule has 0 bridgehead atoms. The fraction of sp³-hybridized carbons (Fsp3) is 0.818. The number of nitrogens with zero attached hydrogens (tertiary/aromatic N) is 5. The predicted octanol–water partition coefficient (Wildman–Crippen LogP) is -0.680. The molecule has 1 aliphatic heterocycles. The van der Waals surface area contributed by atoms with Crippen LogP contribution in [0.3, 0.4) is 0 Å². The second-order valence-corrected chi connectivity index (χ2v) is 5.88. The fourth-order valence-corrected chi connectivity index (χ4v) is 2.95. The van der Waals surface area contributed by atoms with E-state index in [0.29, 0.717) is 36.6 Å². The maximum absolute atomic E-state index is 12.1. The number of aromatic nitrogens is 4. The number of carbonyl (C=O) groups excluding carboxylic acids is 1. The Morgan fingerprint density at radius 2 is 2.35 bits per heavy atom. The minimum absolute atomic E-state index is 0.0297. The molecule has 3 rings (SSSR count). The zero-order chi connectivity index (χ0) is 13.9. The van der Waals surface area contributed by atoms with Crippen LogP contribution >= 0.6 is 11.8 Å².